The fraction of sp³-hybridized carbons (Fsp3) is 0.308. The van der Waals surface area contributed by atoms with Gasteiger partial charge in [-0.25, -0.2) is 9.97 Å². The Kier molecular flexibility index (Phi) is 6.51. The van der Waals surface area contributed by atoms with Gasteiger partial charge in [-0.1, -0.05) is 29.8 Å². The van der Waals surface area contributed by atoms with Gasteiger partial charge in [0.15, 0.2) is 0 Å². The van der Waals surface area contributed by atoms with E-state index in [-0.39, 0.29) is 17.9 Å². The highest BCUT2D eigenvalue weighted by Crippen LogP contribution is 2.25. The molecule has 2 N–H and O–H groups in total. The van der Waals surface area contributed by atoms with E-state index in [1.807, 2.05) is 51.1 Å². The first-order valence-corrected chi connectivity index (χ1v) is 11.1. The molecule has 1 fully saturated rings. The highest BCUT2D eigenvalue weighted by molar-refractivity contribution is 6.01. The van der Waals surface area contributed by atoms with Crippen molar-refractivity contribution < 1.29 is 14.7 Å². The Morgan fingerprint density at radius 2 is 1.70 bits per heavy atom. The maximum absolute atomic E-state index is 13.2. The van der Waals surface area contributed by atoms with Crippen LogP contribution in [0.5, 0.6) is 0 Å². The molecule has 7 heteroatoms. The van der Waals surface area contributed by atoms with E-state index in [9.17, 15) is 14.7 Å². The topological polar surface area (TPSA) is 95.4 Å². The van der Waals surface area contributed by atoms with E-state index in [0.29, 0.717) is 36.5 Å². The van der Waals surface area contributed by atoms with Crippen molar-refractivity contribution in [2.75, 3.05) is 13.1 Å². The van der Waals surface area contributed by atoms with Crippen molar-refractivity contribution in [2.24, 2.45) is 0 Å². The normalized spacial score (nSPS) is 16.5. The van der Waals surface area contributed by atoms with Crippen molar-refractivity contribution in [2.45, 2.75) is 39.3 Å². The molecule has 2 amide bonds. The summed E-state index contributed by atoms with van der Waals surface area (Å²) in [6, 6.07) is 12.9. The van der Waals surface area contributed by atoms with Gasteiger partial charge in [0.05, 0.1) is 12.1 Å². The Morgan fingerprint density at radius 3 is 2.33 bits per heavy atom. The van der Waals surface area contributed by atoms with Gasteiger partial charge in [0, 0.05) is 42.2 Å². The van der Waals surface area contributed by atoms with Crippen LogP contribution in [0.25, 0.3) is 11.1 Å². The first kappa shape index (κ1) is 22.6. The van der Waals surface area contributed by atoms with Crippen molar-refractivity contribution in [1.29, 1.82) is 0 Å². The molecule has 4 rings (SSSR count). The number of β-amino-alcohol motifs (C(OH)–C–C–N with tert-alkyl or cyclic N) is 1. The number of benzene rings is 2. The van der Waals surface area contributed by atoms with Gasteiger partial charge >= 0.3 is 0 Å². The molecule has 1 aliphatic rings. The minimum atomic E-state index is -0.505. The Morgan fingerprint density at radius 1 is 1.03 bits per heavy atom. The van der Waals surface area contributed by atoms with Gasteiger partial charge in [0.25, 0.3) is 11.8 Å². The molecule has 0 radical (unpaired) electrons. The zero-order chi connectivity index (χ0) is 23.5. The van der Waals surface area contributed by atoms with E-state index < -0.39 is 6.10 Å². The monoisotopic (exact) mass is 444 g/mol. The molecule has 7 nitrogen and oxygen atoms in total. The number of aliphatic hydroxyl groups is 1. The minimum Gasteiger partial charge on any atom is -0.391 e. The van der Waals surface area contributed by atoms with Crippen LogP contribution in [-0.2, 0) is 0 Å². The summed E-state index contributed by atoms with van der Waals surface area (Å²) in [6.45, 7) is 6.49. The number of carbonyl (C=O) groups is 2. The average Bonchev–Trinajstić information content (AvgIpc) is 3.25. The third kappa shape index (κ3) is 5.26. The molecule has 0 spiro atoms. The molecule has 0 bridgehead atoms. The quantitative estimate of drug-likeness (QED) is 0.628. The van der Waals surface area contributed by atoms with E-state index in [4.69, 9.17) is 0 Å². The smallest absolute Gasteiger partial charge is 0.253 e. The summed E-state index contributed by atoms with van der Waals surface area (Å²) >= 11 is 0. The standard InChI is InChI=1S/C26H28N4O3/c1-16-4-6-19(7-5-16)20-10-21(12-22(11-20)26(33)30-9-8-24(31)15-30)25(32)29-17(2)23-13-27-18(3)28-14-23/h4-7,10-14,17,24,31H,8-9,15H2,1-3H3,(H,29,32)/t17-,24-/m1/s1. The van der Waals surface area contributed by atoms with Crippen LogP contribution >= 0.6 is 0 Å². The number of aryl methyl sites for hydroxylation is 2. The van der Waals surface area contributed by atoms with Gasteiger partial charge in [0.1, 0.15) is 5.82 Å². The van der Waals surface area contributed by atoms with Gasteiger partial charge in [-0.2, -0.15) is 0 Å². The Balaban J connectivity index is 1.66. The van der Waals surface area contributed by atoms with E-state index in [0.717, 1.165) is 22.3 Å². The lowest BCUT2D eigenvalue weighted by molar-refractivity contribution is 0.0765. The van der Waals surface area contributed by atoms with Crippen LogP contribution in [0.1, 0.15) is 57.1 Å². The molecule has 3 aromatic rings. The number of aliphatic hydroxyl groups excluding tert-OH is 1. The molecule has 2 atom stereocenters. The van der Waals surface area contributed by atoms with E-state index in [2.05, 4.69) is 15.3 Å². The van der Waals surface area contributed by atoms with Crippen LogP contribution in [-0.4, -0.2) is 51.0 Å². The first-order valence-electron chi connectivity index (χ1n) is 11.1. The van der Waals surface area contributed by atoms with Gasteiger partial charge in [0.2, 0.25) is 0 Å². The zero-order valence-electron chi connectivity index (χ0n) is 19.1. The van der Waals surface area contributed by atoms with Crippen molar-refractivity contribution >= 4 is 11.8 Å². The zero-order valence-corrected chi connectivity index (χ0v) is 19.1. The van der Waals surface area contributed by atoms with Crippen molar-refractivity contribution in [3.05, 3.63) is 82.9 Å². The molecule has 2 aromatic carbocycles. The van der Waals surface area contributed by atoms with Crippen molar-refractivity contribution in [1.82, 2.24) is 20.2 Å². The Labute approximate surface area is 193 Å². The molecule has 2 heterocycles. The summed E-state index contributed by atoms with van der Waals surface area (Å²) in [4.78, 5) is 36.3. The molecule has 33 heavy (non-hydrogen) atoms. The van der Waals surface area contributed by atoms with E-state index in [1.54, 1.807) is 29.4 Å². The number of nitrogens with one attached hydrogen (secondary N) is 1. The van der Waals surface area contributed by atoms with Gasteiger partial charge in [-0.15, -0.1) is 0 Å². The molecular formula is C26H28N4O3. The molecule has 1 aliphatic heterocycles. The molecule has 0 unspecified atom stereocenters. The lowest BCUT2D eigenvalue weighted by Gasteiger charge is -2.18. The first-order chi connectivity index (χ1) is 15.8. The summed E-state index contributed by atoms with van der Waals surface area (Å²) in [5.41, 5.74) is 4.47. The molecule has 1 aromatic heterocycles. The third-order valence-corrected chi connectivity index (χ3v) is 5.93. The van der Waals surface area contributed by atoms with Crippen LogP contribution in [0, 0.1) is 13.8 Å². The number of hydrogen-bond acceptors (Lipinski definition) is 5. The fourth-order valence-electron chi connectivity index (χ4n) is 3.89. The summed E-state index contributed by atoms with van der Waals surface area (Å²) < 4.78 is 0. The molecule has 170 valence electrons. The second-order valence-electron chi connectivity index (χ2n) is 8.62. The summed E-state index contributed by atoms with van der Waals surface area (Å²) in [5, 5.41) is 12.8. The maximum Gasteiger partial charge on any atom is 0.253 e. The van der Waals surface area contributed by atoms with Crippen LogP contribution in [0.3, 0.4) is 0 Å². The van der Waals surface area contributed by atoms with Crippen LogP contribution < -0.4 is 5.32 Å². The maximum atomic E-state index is 13.2. The van der Waals surface area contributed by atoms with Gasteiger partial charge < -0.3 is 15.3 Å². The van der Waals surface area contributed by atoms with E-state index in [1.165, 1.54) is 0 Å². The molecule has 0 aliphatic carbocycles. The number of rotatable bonds is 5. The summed E-state index contributed by atoms with van der Waals surface area (Å²) in [6.07, 6.45) is 3.45. The van der Waals surface area contributed by atoms with Gasteiger partial charge in [-0.3, -0.25) is 9.59 Å². The number of nitrogens with zero attached hydrogens (tertiary/aromatic N) is 3. The SMILES string of the molecule is Cc1ccc(-c2cc(C(=O)N[C@H](C)c3cnc(C)nc3)cc(C(=O)N3CC[C@@H](O)C3)c2)cc1. The van der Waals surface area contributed by atoms with Crippen LogP contribution in [0.2, 0.25) is 0 Å². The Bertz CT molecular complexity index is 1160. The second-order valence-corrected chi connectivity index (χ2v) is 8.62. The molecule has 0 saturated carbocycles. The average molecular weight is 445 g/mol. The number of likely N-dealkylation sites (tertiary alicyclic amines) is 1. The van der Waals surface area contributed by atoms with Gasteiger partial charge in [-0.05, 0) is 56.5 Å². The largest absolute Gasteiger partial charge is 0.391 e. The molecular weight excluding hydrogens is 416 g/mol. The number of carbonyl (C=O) groups excluding carboxylic acids is 2. The summed E-state index contributed by atoms with van der Waals surface area (Å²) in [5.74, 6) is 0.195. The number of hydrogen-bond donors (Lipinski definition) is 2. The third-order valence-electron chi connectivity index (χ3n) is 5.93. The minimum absolute atomic E-state index is 0.186. The van der Waals surface area contributed by atoms with Crippen molar-refractivity contribution in [3.8, 4) is 11.1 Å². The predicted octanol–water partition coefficient (Wildman–Crippen LogP) is 3.46. The van der Waals surface area contributed by atoms with Crippen molar-refractivity contribution in [3.63, 3.8) is 0 Å². The highest BCUT2D eigenvalue weighted by Gasteiger charge is 2.26. The van der Waals surface area contributed by atoms with Crippen LogP contribution in [0.4, 0.5) is 0 Å². The predicted molar refractivity (Wildman–Crippen MR) is 126 cm³/mol. The highest BCUT2D eigenvalue weighted by atomic mass is 16.3. The fourth-order valence-corrected chi connectivity index (χ4v) is 3.89. The second kappa shape index (κ2) is 9.50. The lowest BCUT2D eigenvalue weighted by Crippen LogP contribution is -2.30. The van der Waals surface area contributed by atoms with Crippen LogP contribution in [0.15, 0.2) is 54.9 Å². The summed E-state index contributed by atoms with van der Waals surface area (Å²) in [7, 11) is 0. The lowest BCUT2D eigenvalue weighted by atomic mass is 9.98. The number of amides is 2. The number of aromatic nitrogens is 2. The van der Waals surface area contributed by atoms with E-state index >= 15 is 0 Å². The molecule has 1 saturated heterocycles. The Hall–Kier alpha value is -3.58.